The Bertz CT molecular complexity index is 1130. The molecule has 0 radical (unpaired) electrons. The molecule has 4 heterocycles. The molecule has 0 saturated heterocycles. The molecule has 1 atom stereocenters. The Morgan fingerprint density at radius 3 is 2.72 bits per heavy atom. The zero-order chi connectivity index (χ0) is 19.8. The molecule has 1 amide bonds. The van der Waals surface area contributed by atoms with E-state index in [4.69, 9.17) is 0 Å². The summed E-state index contributed by atoms with van der Waals surface area (Å²) in [7, 11) is 0. The minimum atomic E-state index is -0.0689. The third-order valence-electron chi connectivity index (χ3n) is 5.45. The molecule has 29 heavy (non-hydrogen) atoms. The first kappa shape index (κ1) is 17.6. The second-order valence-electron chi connectivity index (χ2n) is 7.52. The van der Waals surface area contributed by atoms with E-state index in [1.807, 2.05) is 39.8 Å². The molecular formula is C22H22N6O. The summed E-state index contributed by atoms with van der Waals surface area (Å²) in [6.07, 6.45) is 5.44. The average molecular weight is 386 g/mol. The monoisotopic (exact) mass is 386 g/mol. The van der Waals surface area contributed by atoms with Crippen LogP contribution in [0.2, 0.25) is 0 Å². The summed E-state index contributed by atoms with van der Waals surface area (Å²) in [5.74, 6) is 1.75. The van der Waals surface area contributed by atoms with E-state index in [0.717, 1.165) is 30.1 Å². The number of carbonyl (C=O) groups is 1. The Labute approximate surface area is 168 Å². The van der Waals surface area contributed by atoms with Gasteiger partial charge < -0.3 is 13.9 Å². The lowest BCUT2D eigenvalue weighted by Gasteiger charge is -2.32. The number of carbonyl (C=O) groups excluding carboxylic acids is 1. The van der Waals surface area contributed by atoms with Crippen LogP contribution in [0.15, 0.2) is 60.9 Å². The van der Waals surface area contributed by atoms with Crippen LogP contribution in [0.3, 0.4) is 0 Å². The first-order valence-corrected chi connectivity index (χ1v) is 9.88. The molecule has 7 nitrogen and oxygen atoms in total. The summed E-state index contributed by atoms with van der Waals surface area (Å²) in [6, 6.07) is 16.3. The van der Waals surface area contributed by atoms with Crippen molar-refractivity contribution in [1.29, 1.82) is 0 Å². The van der Waals surface area contributed by atoms with Gasteiger partial charge in [0, 0.05) is 25.4 Å². The SMILES string of the molecule is C[C@H]1CN(C(=O)c2cn3ccccc3n2)Cc2nnc(CCc3ccccc3)n21. The normalized spacial score (nSPS) is 16.2. The van der Waals surface area contributed by atoms with Gasteiger partial charge in [0.2, 0.25) is 0 Å². The van der Waals surface area contributed by atoms with Gasteiger partial charge >= 0.3 is 0 Å². The van der Waals surface area contributed by atoms with Crippen LogP contribution in [0, 0.1) is 0 Å². The number of rotatable bonds is 4. The first-order chi connectivity index (χ1) is 14.2. The molecule has 1 aliphatic rings. The maximum Gasteiger partial charge on any atom is 0.274 e. The predicted octanol–water partition coefficient (Wildman–Crippen LogP) is 2.93. The molecule has 0 N–H and O–H groups in total. The molecular weight excluding hydrogens is 364 g/mol. The van der Waals surface area contributed by atoms with Gasteiger partial charge in [0.05, 0.1) is 12.6 Å². The number of benzene rings is 1. The van der Waals surface area contributed by atoms with Gasteiger partial charge in [-0.15, -0.1) is 10.2 Å². The van der Waals surface area contributed by atoms with Crippen molar-refractivity contribution in [2.45, 2.75) is 32.4 Å². The second-order valence-corrected chi connectivity index (χ2v) is 7.52. The molecule has 1 aliphatic heterocycles. The highest BCUT2D eigenvalue weighted by Gasteiger charge is 2.30. The Balaban J connectivity index is 1.34. The standard InChI is InChI=1S/C22H22N6O/c1-16-13-27(22(29)18-14-26-12-6-5-9-19(26)23-18)15-21-25-24-20(28(16)21)11-10-17-7-3-2-4-8-17/h2-9,12,14,16H,10-11,13,15H2,1H3/t16-/m0/s1. The fourth-order valence-electron chi connectivity index (χ4n) is 4.04. The highest BCUT2D eigenvalue weighted by molar-refractivity contribution is 5.93. The van der Waals surface area contributed by atoms with Gasteiger partial charge in [-0.1, -0.05) is 36.4 Å². The molecule has 146 valence electrons. The molecule has 1 aromatic carbocycles. The number of amides is 1. The molecule has 3 aromatic heterocycles. The quantitative estimate of drug-likeness (QED) is 0.541. The van der Waals surface area contributed by atoms with E-state index in [-0.39, 0.29) is 11.9 Å². The Kier molecular flexibility index (Phi) is 4.35. The molecule has 0 bridgehead atoms. The molecule has 0 fully saturated rings. The van der Waals surface area contributed by atoms with E-state index >= 15 is 0 Å². The number of nitrogens with zero attached hydrogens (tertiary/aromatic N) is 6. The number of hydrogen-bond donors (Lipinski definition) is 0. The lowest BCUT2D eigenvalue weighted by atomic mass is 10.1. The lowest BCUT2D eigenvalue weighted by molar-refractivity contribution is 0.0674. The van der Waals surface area contributed by atoms with Crippen molar-refractivity contribution >= 4 is 11.6 Å². The van der Waals surface area contributed by atoms with Crippen molar-refractivity contribution in [3.05, 3.63) is 83.8 Å². The van der Waals surface area contributed by atoms with Gasteiger partial charge in [-0.05, 0) is 31.0 Å². The van der Waals surface area contributed by atoms with Crippen LogP contribution >= 0.6 is 0 Å². The van der Waals surface area contributed by atoms with E-state index in [1.54, 1.807) is 6.20 Å². The summed E-state index contributed by atoms with van der Waals surface area (Å²) < 4.78 is 4.06. The largest absolute Gasteiger partial charge is 0.328 e. The van der Waals surface area contributed by atoms with Crippen LogP contribution < -0.4 is 0 Å². The van der Waals surface area contributed by atoms with Gasteiger partial charge in [-0.25, -0.2) is 4.98 Å². The highest BCUT2D eigenvalue weighted by atomic mass is 16.2. The smallest absolute Gasteiger partial charge is 0.274 e. The number of aryl methyl sites for hydroxylation is 2. The maximum absolute atomic E-state index is 13.0. The third kappa shape index (κ3) is 3.29. The van der Waals surface area contributed by atoms with Crippen molar-refractivity contribution in [2.24, 2.45) is 0 Å². The summed E-state index contributed by atoms with van der Waals surface area (Å²) in [6.45, 7) is 3.19. The highest BCUT2D eigenvalue weighted by Crippen LogP contribution is 2.23. The fraction of sp³-hybridized carbons (Fsp3) is 0.273. The van der Waals surface area contributed by atoms with Gasteiger partial charge in [0.25, 0.3) is 5.91 Å². The predicted molar refractivity (Wildman–Crippen MR) is 109 cm³/mol. The van der Waals surface area contributed by atoms with E-state index in [0.29, 0.717) is 18.8 Å². The molecule has 0 unspecified atom stereocenters. The van der Waals surface area contributed by atoms with Crippen molar-refractivity contribution in [1.82, 2.24) is 29.0 Å². The molecule has 0 saturated carbocycles. The van der Waals surface area contributed by atoms with Crippen LogP contribution in [-0.2, 0) is 19.4 Å². The number of fused-ring (bicyclic) bond motifs is 2. The van der Waals surface area contributed by atoms with Crippen LogP contribution in [0.4, 0.5) is 0 Å². The molecule has 0 aliphatic carbocycles. The van der Waals surface area contributed by atoms with Gasteiger partial charge in [0.1, 0.15) is 17.2 Å². The van der Waals surface area contributed by atoms with Crippen LogP contribution in [0.1, 0.15) is 40.7 Å². The number of pyridine rings is 1. The second kappa shape index (κ2) is 7.16. The van der Waals surface area contributed by atoms with Gasteiger partial charge in [-0.2, -0.15) is 0 Å². The maximum atomic E-state index is 13.0. The minimum Gasteiger partial charge on any atom is -0.328 e. The van der Waals surface area contributed by atoms with Crippen molar-refractivity contribution in [3.8, 4) is 0 Å². The Morgan fingerprint density at radius 1 is 1.07 bits per heavy atom. The average Bonchev–Trinajstić information content (AvgIpc) is 3.36. The van der Waals surface area contributed by atoms with E-state index in [2.05, 4.69) is 50.9 Å². The lowest BCUT2D eigenvalue weighted by Crippen LogP contribution is -2.41. The first-order valence-electron chi connectivity index (χ1n) is 9.88. The third-order valence-corrected chi connectivity index (χ3v) is 5.45. The Morgan fingerprint density at radius 2 is 1.90 bits per heavy atom. The molecule has 0 spiro atoms. The van der Waals surface area contributed by atoms with E-state index in [1.165, 1.54) is 5.56 Å². The number of aromatic nitrogens is 5. The minimum absolute atomic E-state index is 0.0689. The number of imidazole rings is 1. The van der Waals surface area contributed by atoms with E-state index < -0.39 is 0 Å². The van der Waals surface area contributed by atoms with Gasteiger partial charge in [-0.3, -0.25) is 4.79 Å². The van der Waals surface area contributed by atoms with E-state index in [9.17, 15) is 4.79 Å². The molecule has 4 aromatic rings. The molecule has 5 rings (SSSR count). The zero-order valence-corrected chi connectivity index (χ0v) is 16.3. The fourth-order valence-corrected chi connectivity index (χ4v) is 4.04. The van der Waals surface area contributed by atoms with Crippen molar-refractivity contribution in [2.75, 3.05) is 6.54 Å². The topological polar surface area (TPSA) is 68.3 Å². The van der Waals surface area contributed by atoms with Crippen molar-refractivity contribution < 1.29 is 4.79 Å². The summed E-state index contributed by atoms with van der Waals surface area (Å²) >= 11 is 0. The van der Waals surface area contributed by atoms with Crippen LogP contribution in [0.25, 0.3) is 5.65 Å². The van der Waals surface area contributed by atoms with Crippen LogP contribution in [0.5, 0.6) is 0 Å². The summed E-state index contributed by atoms with van der Waals surface area (Å²) in [5, 5.41) is 8.80. The molecule has 7 heteroatoms. The van der Waals surface area contributed by atoms with Crippen LogP contribution in [-0.4, -0.2) is 41.5 Å². The number of hydrogen-bond acceptors (Lipinski definition) is 4. The summed E-state index contributed by atoms with van der Waals surface area (Å²) in [4.78, 5) is 19.3. The van der Waals surface area contributed by atoms with Crippen molar-refractivity contribution in [3.63, 3.8) is 0 Å². The zero-order valence-electron chi connectivity index (χ0n) is 16.3. The Hall–Kier alpha value is -3.48. The summed E-state index contributed by atoms with van der Waals surface area (Å²) in [5.41, 5.74) is 2.52. The van der Waals surface area contributed by atoms with Gasteiger partial charge in [0.15, 0.2) is 5.82 Å².